The van der Waals surface area contributed by atoms with Crippen LogP contribution in [0.3, 0.4) is 0 Å². The number of hydrogen-bond donors (Lipinski definition) is 0. The Labute approximate surface area is 177 Å². The highest BCUT2D eigenvalue weighted by Gasteiger charge is 2.46. The molecule has 0 fully saturated rings. The number of allylic oxidation sites excluding steroid dienone is 2. The van der Waals surface area contributed by atoms with Gasteiger partial charge in [0.15, 0.2) is 17.3 Å². The quantitative estimate of drug-likeness (QED) is 0.682. The van der Waals surface area contributed by atoms with Gasteiger partial charge >= 0.3 is 5.97 Å². The van der Waals surface area contributed by atoms with Crippen molar-refractivity contribution in [2.24, 2.45) is 16.3 Å². The Hall–Kier alpha value is -2.83. The standard InChI is InChI=1S/C23H29NO6/c1-12-18(22(26)30-7)19(20-14(24-12)10-23(2,3)11-15(20)25)13-8-16(27-4)21(29-6)17(9-13)28-5/h8-9,18-19H,10-11H2,1-7H3/t18?,19-/m0/s1. The first-order valence-corrected chi connectivity index (χ1v) is 9.86. The number of benzene rings is 1. The molecule has 0 saturated heterocycles. The zero-order valence-corrected chi connectivity index (χ0v) is 18.6. The van der Waals surface area contributed by atoms with E-state index in [4.69, 9.17) is 18.9 Å². The third-order valence-corrected chi connectivity index (χ3v) is 5.80. The number of ether oxygens (including phenoxy) is 4. The van der Waals surface area contributed by atoms with Crippen molar-refractivity contribution in [3.05, 3.63) is 29.0 Å². The van der Waals surface area contributed by atoms with E-state index in [0.717, 1.165) is 11.3 Å². The van der Waals surface area contributed by atoms with Crippen molar-refractivity contribution in [3.8, 4) is 17.2 Å². The van der Waals surface area contributed by atoms with Crippen LogP contribution in [0, 0.1) is 11.3 Å². The molecule has 162 valence electrons. The number of rotatable bonds is 5. The Kier molecular flexibility index (Phi) is 5.92. The molecule has 2 aliphatic rings. The number of esters is 1. The number of carbonyl (C=O) groups excluding carboxylic acids is 2. The summed E-state index contributed by atoms with van der Waals surface area (Å²) < 4.78 is 21.5. The fraction of sp³-hybridized carbons (Fsp3) is 0.522. The molecule has 0 saturated carbocycles. The summed E-state index contributed by atoms with van der Waals surface area (Å²) in [5.74, 6) is -0.305. The van der Waals surface area contributed by atoms with Gasteiger partial charge in [-0.15, -0.1) is 0 Å². The second-order valence-corrected chi connectivity index (χ2v) is 8.49. The fourth-order valence-corrected chi connectivity index (χ4v) is 4.52. The van der Waals surface area contributed by atoms with Crippen LogP contribution in [-0.2, 0) is 14.3 Å². The SMILES string of the molecule is COC(=O)C1C(C)=NC2=C(C(=O)CC(C)(C)C2)[C@H]1c1cc(OC)c(OC)c(OC)c1. The molecule has 1 aromatic rings. The summed E-state index contributed by atoms with van der Waals surface area (Å²) in [4.78, 5) is 30.7. The largest absolute Gasteiger partial charge is 0.493 e. The number of hydrogen-bond acceptors (Lipinski definition) is 7. The van der Waals surface area contributed by atoms with Crippen LogP contribution in [0.4, 0.5) is 0 Å². The van der Waals surface area contributed by atoms with E-state index in [2.05, 4.69) is 18.8 Å². The zero-order chi connectivity index (χ0) is 22.2. The van der Waals surface area contributed by atoms with Gasteiger partial charge in [0.2, 0.25) is 5.75 Å². The van der Waals surface area contributed by atoms with Crippen molar-refractivity contribution in [3.63, 3.8) is 0 Å². The monoisotopic (exact) mass is 415 g/mol. The van der Waals surface area contributed by atoms with Gasteiger partial charge < -0.3 is 18.9 Å². The molecule has 0 radical (unpaired) electrons. The molecule has 7 heteroatoms. The highest BCUT2D eigenvalue weighted by atomic mass is 16.5. The predicted octanol–water partition coefficient (Wildman–Crippen LogP) is 3.70. The number of methoxy groups -OCH3 is 4. The molecule has 30 heavy (non-hydrogen) atoms. The van der Waals surface area contributed by atoms with Crippen molar-refractivity contribution in [1.82, 2.24) is 0 Å². The summed E-state index contributed by atoms with van der Waals surface area (Å²) in [6, 6.07) is 3.58. The van der Waals surface area contributed by atoms with Gasteiger partial charge in [0.25, 0.3) is 0 Å². The van der Waals surface area contributed by atoms with Gasteiger partial charge in [-0.2, -0.15) is 0 Å². The third-order valence-electron chi connectivity index (χ3n) is 5.80. The van der Waals surface area contributed by atoms with Gasteiger partial charge in [-0.3, -0.25) is 14.6 Å². The van der Waals surface area contributed by atoms with E-state index in [-0.39, 0.29) is 11.2 Å². The molecule has 1 aromatic carbocycles. The van der Waals surface area contributed by atoms with E-state index >= 15 is 0 Å². The van der Waals surface area contributed by atoms with E-state index in [1.807, 2.05) is 6.92 Å². The molecule has 0 amide bonds. The molecule has 3 rings (SSSR count). The van der Waals surface area contributed by atoms with Crippen LogP contribution in [-0.4, -0.2) is 45.9 Å². The molecule has 0 bridgehead atoms. The van der Waals surface area contributed by atoms with Gasteiger partial charge in [0.1, 0.15) is 5.92 Å². The Balaban J connectivity index is 2.27. The molecule has 7 nitrogen and oxygen atoms in total. The van der Waals surface area contributed by atoms with Crippen molar-refractivity contribution in [1.29, 1.82) is 0 Å². The highest BCUT2D eigenvalue weighted by molar-refractivity contribution is 6.09. The molecular weight excluding hydrogens is 386 g/mol. The van der Waals surface area contributed by atoms with E-state index in [1.165, 1.54) is 28.4 Å². The summed E-state index contributed by atoms with van der Waals surface area (Å²) in [5, 5.41) is 0. The van der Waals surface area contributed by atoms with Gasteiger partial charge in [0, 0.05) is 29.3 Å². The highest BCUT2D eigenvalue weighted by Crippen LogP contribution is 2.50. The predicted molar refractivity (Wildman–Crippen MR) is 113 cm³/mol. The minimum Gasteiger partial charge on any atom is -0.493 e. The molecule has 2 atom stereocenters. The maximum atomic E-state index is 13.3. The average Bonchev–Trinajstić information content (AvgIpc) is 2.69. The first kappa shape index (κ1) is 21.9. The van der Waals surface area contributed by atoms with E-state index in [9.17, 15) is 9.59 Å². The molecule has 0 N–H and O–H groups in total. The van der Waals surface area contributed by atoms with E-state index in [0.29, 0.717) is 41.4 Å². The smallest absolute Gasteiger partial charge is 0.315 e. The van der Waals surface area contributed by atoms with E-state index < -0.39 is 17.8 Å². The molecule has 0 aromatic heterocycles. The minimum atomic E-state index is -0.707. The first-order chi connectivity index (χ1) is 14.2. The summed E-state index contributed by atoms with van der Waals surface area (Å²) in [7, 11) is 5.94. The molecule has 0 spiro atoms. The van der Waals surface area contributed by atoms with Crippen molar-refractivity contribution in [2.75, 3.05) is 28.4 Å². The lowest BCUT2D eigenvalue weighted by molar-refractivity contribution is -0.143. The van der Waals surface area contributed by atoms with Crippen LogP contribution in [0.2, 0.25) is 0 Å². The topological polar surface area (TPSA) is 83.4 Å². The molecule has 1 aliphatic carbocycles. The number of ketones is 1. The Morgan fingerprint density at radius 1 is 1.03 bits per heavy atom. The van der Waals surface area contributed by atoms with Crippen LogP contribution in [0.25, 0.3) is 0 Å². The molecule has 1 heterocycles. The van der Waals surface area contributed by atoms with Gasteiger partial charge in [-0.25, -0.2) is 0 Å². The maximum absolute atomic E-state index is 13.3. The Morgan fingerprint density at radius 3 is 2.13 bits per heavy atom. The minimum absolute atomic E-state index is 0.00477. The summed E-state index contributed by atoms with van der Waals surface area (Å²) in [6.07, 6.45) is 1.06. The van der Waals surface area contributed by atoms with Crippen molar-refractivity contribution in [2.45, 2.75) is 39.5 Å². The van der Waals surface area contributed by atoms with Crippen LogP contribution < -0.4 is 14.2 Å². The average molecular weight is 415 g/mol. The lowest BCUT2D eigenvalue weighted by Crippen LogP contribution is -2.39. The lowest BCUT2D eigenvalue weighted by Gasteiger charge is -2.39. The number of Topliss-reactive ketones (excluding diaryl/α,β-unsaturated/α-hetero) is 1. The van der Waals surface area contributed by atoms with Crippen LogP contribution in [0.15, 0.2) is 28.4 Å². The Morgan fingerprint density at radius 2 is 1.63 bits per heavy atom. The van der Waals surface area contributed by atoms with Crippen LogP contribution in [0.5, 0.6) is 17.2 Å². The Bertz CT molecular complexity index is 918. The van der Waals surface area contributed by atoms with Gasteiger partial charge in [-0.1, -0.05) is 13.8 Å². The second kappa shape index (κ2) is 8.13. The van der Waals surface area contributed by atoms with Crippen molar-refractivity contribution >= 4 is 17.5 Å². The van der Waals surface area contributed by atoms with Gasteiger partial charge in [0.05, 0.1) is 28.4 Å². The number of nitrogens with zero attached hydrogens (tertiary/aromatic N) is 1. The first-order valence-electron chi connectivity index (χ1n) is 9.86. The number of aliphatic imine (C=N–C) groups is 1. The number of carbonyl (C=O) groups is 2. The normalized spacial score (nSPS) is 22.8. The van der Waals surface area contributed by atoms with Crippen LogP contribution in [0.1, 0.15) is 45.1 Å². The maximum Gasteiger partial charge on any atom is 0.315 e. The van der Waals surface area contributed by atoms with Gasteiger partial charge in [-0.05, 0) is 36.5 Å². The molecular formula is C23H29NO6. The molecule has 1 aliphatic heterocycles. The molecule has 1 unspecified atom stereocenters. The van der Waals surface area contributed by atoms with E-state index in [1.54, 1.807) is 12.1 Å². The fourth-order valence-electron chi connectivity index (χ4n) is 4.52. The van der Waals surface area contributed by atoms with Crippen molar-refractivity contribution < 1.29 is 28.5 Å². The second-order valence-electron chi connectivity index (χ2n) is 8.49. The lowest BCUT2D eigenvalue weighted by atomic mass is 9.67. The van der Waals surface area contributed by atoms with Crippen LogP contribution >= 0.6 is 0 Å². The summed E-state index contributed by atoms with van der Waals surface area (Å²) in [5.41, 5.74) is 2.48. The summed E-state index contributed by atoms with van der Waals surface area (Å²) >= 11 is 0. The summed E-state index contributed by atoms with van der Waals surface area (Å²) in [6.45, 7) is 5.92. The third kappa shape index (κ3) is 3.68. The zero-order valence-electron chi connectivity index (χ0n) is 18.6.